The Morgan fingerprint density at radius 2 is 1.59 bits per heavy atom. The van der Waals surface area contributed by atoms with Gasteiger partial charge in [0.05, 0.1) is 5.56 Å². The number of nitrogens with one attached hydrogen (secondary N) is 1. The summed E-state index contributed by atoms with van der Waals surface area (Å²) in [5.41, 5.74) is 3.32. The highest BCUT2D eigenvalue weighted by molar-refractivity contribution is 5.94. The number of hydrogen-bond acceptors (Lipinski definition) is 2. The number of H-pyrrole nitrogens is 1. The highest BCUT2D eigenvalue weighted by Gasteiger charge is 2.24. The quantitative estimate of drug-likeness (QED) is 0.902. The second-order valence-corrected chi connectivity index (χ2v) is 8.22. The Labute approximate surface area is 161 Å². The van der Waals surface area contributed by atoms with Crippen LogP contribution in [0.15, 0.2) is 42.7 Å². The second-order valence-electron chi connectivity index (χ2n) is 8.22. The van der Waals surface area contributed by atoms with Gasteiger partial charge < -0.3 is 14.8 Å². The van der Waals surface area contributed by atoms with E-state index in [9.17, 15) is 9.59 Å². The van der Waals surface area contributed by atoms with Gasteiger partial charge in [-0.1, -0.05) is 45.0 Å². The lowest BCUT2D eigenvalue weighted by Gasteiger charge is -2.34. The fourth-order valence-corrected chi connectivity index (χ4v) is 3.38. The van der Waals surface area contributed by atoms with Crippen LogP contribution in [-0.2, 0) is 16.6 Å². The summed E-state index contributed by atoms with van der Waals surface area (Å²) in [4.78, 5) is 31.5. The number of piperazine rings is 1. The molecule has 0 bridgehead atoms. The van der Waals surface area contributed by atoms with Gasteiger partial charge in [0.1, 0.15) is 0 Å². The first kappa shape index (κ1) is 19.2. The van der Waals surface area contributed by atoms with Crippen LogP contribution in [0.4, 0.5) is 0 Å². The molecule has 0 unspecified atom stereocenters. The lowest BCUT2D eigenvalue weighted by atomic mass is 9.86. The van der Waals surface area contributed by atoms with Gasteiger partial charge in [-0.05, 0) is 29.0 Å². The number of rotatable bonds is 4. The second kappa shape index (κ2) is 7.99. The molecule has 1 aromatic heterocycles. The van der Waals surface area contributed by atoms with Crippen molar-refractivity contribution in [1.29, 1.82) is 0 Å². The molecule has 0 aliphatic carbocycles. The summed E-state index contributed by atoms with van der Waals surface area (Å²) in [7, 11) is 0. The Kier molecular flexibility index (Phi) is 5.68. The molecule has 3 rings (SSSR count). The van der Waals surface area contributed by atoms with Crippen molar-refractivity contribution in [2.75, 3.05) is 26.2 Å². The molecule has 5 heteroatoms. The van der Waals surface area contributed by atoms with Crippen molar-refractivity contribution in [2.24, 2.45) is 0 Å². The van der Waals surface area contributed by atoms with Crippen LogP contribution in [0.1, 0.15) is 48.7 Å². The lowest BCUT2D eigenvalue weighted by molar-refractivity contribution is -0.132. The number of nitrogens with zero attached hydrogens (tertiary/aromatic N) is 2. The number of carbonyl (C=O) groups is 2. The van der Waals surface area contributed by atoms with E-state index < -0.39 is 0 Å². The molecular formula is C22H29N3O2. The SMILES string of the molecule is CC(C)(C)c1ccc(CCC(=O)N2CCN(C(=O)c3cc[nH]c3)CC2)cc1. The van der Waals surface area contributed by atoms with Crippen LogP contribution in [0.2, 0.25) is 0 Å². The monoisotopic (exact) mass is 367 g/mol. The third-order valence-electron chi connectivity index (χ3n) is 5.21. The first-order chi connectivity index (χ1) is 12.8. The van der Waals surface area contributed by atoms with E-state index in [1.54, 1.807) is 18.5 Å². The van der Waals surface area contributed by atoms with E-state index in [4.69, 9.17) is 0 Å². The minimum atomic E-state index is 0.0299. The molecule has 2 amide bonds. The number of hydrogen-bond donors (Lipinski definition) is 1. The van der Waals surface area contributed by atoms with Crippen molar-refractivity contribution in [1.82, 2.24) is 14.8 Å². The molecule has 1 aliphatic heterocycles. The average molecular weight is 367 g/mol. The number of aromatic nitrogens is 1. The van der Waals surface area contributed by atoms with Gasteiger partial charge in [-0.3, -0.25) is 9.59 Å². The van der Waals surface area contributed by atoms with E-state index >= 15 is 0 Å². The summed E-state index contributed by atoms with van der Waals surface area (Å²) < 4.78 is 0. The van der Waals surface area contributed by atoms with E-state index in [0.29, 0.717) is 38.2 Å². The first-order valence-corrected chi connectivity index (χ1v) is 9.64. The standard InChI is InChI=1S/C22H29N3O2/c1-22(2,3)19-7-4-17(5-8-19)6-9-20(26)24-12-14-25(15-13-24)21(27)18-10-11-23-16-18/h4-5,7-8,10-11,16,23H,6,9,12-15H2,1-3H3. The van der Waals surface area contributed by atoms with Crippen LogP contribution in [-0.4, -0.2) is 52.8 Å². The number of benzene rings is 1. The molecule has 0 spiro atoms. The molecule has 1 fully saturated rings. The molecule has 0 saturated carbocycles. The maximum Gasteiger partial charge on any atom is 0.255 e. The summed E-state index contributed by atoms with van der Waals surface area (Å²) in [6, 6.07) is 10.4. The Balaban J connectivity index is 1.46. The molecule has 0 radical (unpaired) electrons. The summed E-state index contributed by atoms with van der Waals surface area (Å²) in [6.45, 7) is 9.01. The lowest BCUT2D eigenvalue weighted by Crippen LogP contribution is -2.50. The smallest absolute Gasteiger partial charge is 0.255 e. The molecule has 1 aromatic carbocycles. The number of carbonyl (C=O) groups excluding carboxylic acids is 2. The van der Waals surface area contributed by atoms with Crippen molar-refractivity contribution < 1.29 is 9.59 Å². The van der Waals surface area contributed by atoms with Crippen LogP contribution in [0.25, 0.3) is 0 Å². The Morgan fingerprint density at radius 1 is 0.963 bits per heavy atom. The van der Waals surface area contributed by atoms with Crippen LogP contribution in [0, 0.1) is 0 Å². The highest BCUT2D eigenvalue weighted by Crippen LogP contribution is 2.22. The van der Waals surface area contributed by atoms with Crippen LogP contribution in [0.5, 0.6) is 0 Å². The van der Waals surface area contributed by atoms with Crippen molar-refractivity contribution in [3.8, 4) is 0 Å². The van der Waals surface area contributed by atoms with E-state index in [0.717, 1.165) is 6.42 Å². The van der Waals surface area contributed by atoms with Crippen LogP contribution < -0.4 is 0 Å². The number of amides is 2. The molecule has 2 aromatic rings. The summed E-state index contributed by atoms with van der Waals surface area (Å²) in [5.74, 6) is 0.200. The summed E-state index contributed by atoms with van der Waals surface area (Å²) in [6.07, 6.45) is 4.73. The molecule has 2 heterocycles. The minimum Gasteiger partial charge on any atom is -0.367 e. The normalized spacial score (nSPS) is 15.1. The number of aromatic amines is 1. The predicted molar refractivity (Wildman–Crippen MR) is 107 cm³/mol. The summed E-state index contributed by atoms with van der Waals surface area (Å²) in [5, 5.41) is 0. The largest absolute Gasteiger partial charge is 0.367 e. The van der Waals surface area contributed by atoms with Crippen molar-refractivity contribution in [2.45, 2.75) is 39.0 Å². The number of aryl methyl sites for hydroxylation is 1. The minimum absolute atomic E-state index is 0.0299. The topological polar surface area (TPSA) is 56.4 Å². The van der Waals surface area contributed by atoms with Gasteiger partial charge in [-0.15, -0.1) is 0 Å². The zero-order valence-corrected chi connectivity index (χ0v) is 16.5. The molecule has 27 heavy (non-hydrogen) atoms. The molecule has 1 saturated heterocycles. The van der Waals surface area contributed by atoms with E-state index in [2.05, 4.69) is 50.0 Å². The maximum atomic E-state index is 12.5. The molecule has 0 atom stereocenters. The molecular weight excluding hydrogens is 338 g/mol. The first-order valence-electron chi connectivity index (χ1n) is 9.64. The zero-order chi connectivity index (χ0) is 19.4. The Morgan fingerprint density at radius 3 is 2.15 bits per heavy atom. The van der Waals surface area contributed by atoms with Gasteiger partial charge in [0, 0.05) is 45.0 Å². The van der Waals surface area contributed by atoms with Gasteiger partial charge >= 0.3 is 0 Å². The highest BCUT2D eigenvalue weighted by atomic mass is 16.2. The Bertz CT molecular complexity index is 765. The van der Waals surface area contributed by atoms with Gasteiger partial charge in [-0.25, -0.2) is 0 Å². The molecule has 1 N–H and O–H groups in total. The molecule has 144 valence electrons. The van der Waals surface area contributed by atoms with Crippen LogP contribution in [0.3, 0.4) is 0 Å². The van der Waals surface area contributed by atoms with Crippen LogP contribution >= 0.6 is 0 Å². The molecule has 5 nitrogen and oxygen atoms in total. The van der Waals surface area contributed by atoms with Crippen molar-refractivity contribution in [3.05, 3.63) is 59.4 Å². The summed E-state index contributed by atoms with van der Waals surface area (Å²) >= 11 is 0. The van der Waals surface area contributed by atoms with Gasteiger partial charge in [-0.2, -0.15) is 0 Å². The van der Waals surface area contributed by atoms with E-state index in [1.165, 1.54) is 11.1 Å². The average Bonchev–Trinajstić information content (AvgIpc) is 3.20. The fourth-order valence-electron chi connectivity index (χ4n) is 3.38. The predicted octanol–water partition coefficient (Wildman–Crippen LogP) is 3.23. The third-order valence-corrected chi connectivity index (χ3v) is 5.21. The van der Waals surface area contributed by atoms with E-state index in [-0.39, 0.29) is 17.2 Å². The maximum absolute atomic E-state index is 12.5. The van der Waals surface area contributed by atoms with E-state index in [1.807, 2.05) is 9.80 Å². The fraction of sp³-hybridized carbons (Fsp3) is 0.455. The Hall–Kier alpha value is -2.56. The van der Waals surface area contributed by atoms with Gasteiger partial charge in [0.2, 0.25) is 5.91 Å². The van der Waals surface area contributed by atoms with Gasteiger partial charge in [0.15, 0.2) is 0 Å². The van der Waals surface area contributed by atoms with Crippen molar-refractivity contribution in [3.63, 3.8) is 0 Å². The third kappa shape index (κ3) is 4.79. The van der Waals surface area contributed by atoms with Gasteiger partial charge in [0.25, 0.3) is 5.91 Å². The zero-order valence-electron chi connectivity index (χ0n) is 16.5. The van der Waals surface area contributed by atoms with Crippen molar-refractivity contribution >= 4 is 11.8 Å². The molecule has 1 aliphatic rings.